The summed E-state index contributed by atoms with van der Waals surface area (Å²) in [5, 5.41) is 3.20. The van der Waals surface area contributed by atoms with Gasteiger partial charge in [0.05, 0.1) is 0 Å². The molecular weight excluding hydrogens is 414 g/mol. The van der Waals surface area contributed by atoms with Crippen LogP contribution in [0.4, 0.5) is 10.1 Å². The predicted octanol–water partition coefficient (Wildman–Crippen LogP) is 5.87. The van der Waals surface area contributed by atoms with E-state index >= 15 is 0 Å². The van der Waals surface area contributed by atoms with Gasteiger partial charge in [-0.25, -0.2) is 4.39 Å². The third kappa shape index (κ3) is 3.88. The molecule has 4 aromatic rings. The van der Waals surface area contributed by atoms with Crippen LogP contribution in [0.1, 0.15) is 10.5 Å². The Kier molecular flexibility index (Phi) is 5.09. The van der Waals surface area contributed by atoms with E-state index in [1.807, 2.05) is 12.1 Å². The van der Waals surface area contributed by atoms with Crippen LogP contribution in [0, 0.1) is 5.82 Å². The number of anilines is 1. The van der Waals surface area contributed by atoms with Crippen molar-refractivity contribution in [3.63, 3.8) is 0 Å². The SMILES string of the molecule is O=C(Nc1cc(Cl)cc(Cl)c1)C(=O)c1c(-c2ccc(F)cc2)cc2ccccn12. The van der Waals surface area contributed by atoms with Crippen molar-refractivity contribution in [1.29, 1.82) is 0 Å². The molecule has 1 N–H and O–H groups in total. The second kappa shape index (κ2) is 7.70. The van der Waals surface area contributed by atoms with Gasteiger partial charge in [-0.2, -0.15) is 0 Å². The summed E-state index contributed by atoms with van der Waals surface area (Å²) in [6.45, 7) is 0. The summed E-state index contributed by atoms with van der Waals surface area (Å²) in [6, 6.07) is 17.4. The largest absolute Gasteiger partial charge is 0.319 e. The van der Waals surface area contributed by atoms with Gasteiger partial charge in [-0.15, -0.1) is 0 Å². The molecule has 2 aromatic carbocycles. The van der Waals surface area contributed by atoms with E-state index in [0.29, 0.717) is 26.9 Å². The van der Waals surface area contributed by atoms with Gasteiger partial charge in [0, 0.05) is 33.0 Å². The zero-order valence-electron chi connectivity index (χ0n) is 14.8. The normalized spacial score (nSPS) is 10.9. The summed E-state index contributed by atoms with van der Waals surface area (Å²) in [7, 11) is 0. The first kappa shape index (κ1) is 19.2. The molecule has 4 nitrogen and oxygen atoms in total. The lowest BCUT2D eigenvalue weighted by Gasteiger charge is -2.08. The van der Waals surface area contributed by atoms with Gasteiger partial charge in [0.25, 0.3) is 11.7 Å². The first-order valence-corrected chi connectivity index (χ1v) is 9.36. The molecule has 0 atom stereocenters. The van der Waals surface area contributed by atoms with Crippen molar-refractivity contribution in [2.75, 3.05) is 5.32 Å². The van der Waals surface area contributed by atoms with Crippen molar-refractivity contribution in [1.82, 2.24) is 4.40 Å². The summed E-state index contributed by atoms with van der Waals surface area (Å²) >= 11 is 11.9. The molecular formula is C22H13Cl2FN2O2. The van der Waals surface area contributed by atoms with E-state index in [9.17, 15) is 14.0 Å². The highest BCUT2D eigenvalue weighted by atomic mass is 35.5. The number of hydrogen-bond acceptors (Lipinski definition) is 2. The van der Waals surface area contributed by atoms with Crippen molar-refractivity contribution in [2.45, 2.75) is 0 Å². The van der Waals surface area contributed by atoms with E-state index in [-0.39, 0.29) is 11.5 Å². The van der Waals surface area contributed by atoms with Crippen LogP contribution < -0.4 is 5.32 Å². The van der Waals surface area contributed by atoms with Crippen molar-refractivity contribution in [3.8, 4) is 11.1 Å². The van der Waals surface area contributed by atoms with Gasteiger partial charge < -0.3 is 9.72 Å². The molecule has 7 heteroatoms. The monoisotopic (exact) mass is 426 g/mol. The van der Waals surface area contributed by atoms with E-state index in [2.05, 4.69) is 5.32 Å². The fraction of sp³-hybridized carbons (Fsp3) is 0. The second-order valence-electron chi connectivity index (χ2n) is 6.35. The number of aromatic nitrogens is 1. The van der Waals surface area contributed by atoms with Crippen LogP contribution >= 0.6 is 23.2 Å². The Labute approximate surface area is 175 Å². The number of nitrogens with zero attached hydrogens (tertiary/aromatic N) is 1. The molecule has 0 aliphatic rings. The smallest absolute Gasteiger partial charge is 0.298 e. The van der Waals surface area contributed by atoms with Crippen LogP contribution in [0.25, 0.3) is 16.6 Å². The summed E-state index contributed by atoms with van der Waals surface area (Å²) in [4.78, 5) is 25.8. The van der Waals surface area contributed by atoms with Crippen LogP contribution in [-0.4, -0.2) is 16.1 Å². The number of ketones is 1. The quantitative estimate of drug-likeness (QED) is 0.327. The Morgan fingerprint density at radius 3 is 2.28 bits per heavy atom. The summed E-state index contributed by atoms with van der Waals surface area (Å²) < 4.78 is 15.0. The third-order valence-electron chi connectivity index (χ3n) is 4.38. The molecule has 144 valence electrons. The van der Waals surface area contributed by atoms with Crippen molar-refractivity contribution >= 4 is 46.1 Å². The van der Waals surface area contributed by atoms with E-state index in [1.54, 1.807) is 34.9 Å². The maximum absolute atomic E-state index is 13.3. The summed E-state index contributed by atoms with van der Waals surface area (Å²) in [5.74, 6) is -1.97. The Morgan fingerprint density at radius 1 is 0.897 bits per heavy atom. The summed E-state index contributed by atoms with van der Waals surface area (Å²) in [5.41, 5.74) is 2.37. The molecule has 0 saturated heterocycles. The van der Waals surface area contributed by atoms with Crippen LogP contribution in [0.3, 0.4) is 0 Å². The van der Waals surface area contributed by atoms with Crippen molar-refractivity contribution in [2.24, 2.45) is 0 Å². The van der Waals surface area contributed by atoms with Crippen LogP contribution in [-0.2, 0) is 4.79 Å². The van der Waals surface area contributed by atoms with Gasteiger partial charge in [-0.3, -0.25) is 9.59 Å². The Bertz CT molecular complexity index is 1230. The standard InChI is InChI=1S/C22H13Cl2FN2O2/c23-14-9-15(24)11-17(10-14)26-22(29)21(28)20-19(13-4-6-16(25)7-5-13)12-18-3-1-2-8-27(18)20/h1-12H,(H,26,29). The van der Waals surface area contributed by atoms with Crippen LogP contribution in [0.2, 0.25) is 10.0 Å². The summed E-state index contributed by atoms with van der Waals surface area (Å²) in [6.07, 6.45) is 1.69. The predicted molar refractivity (Wildman–Crippen MR) is 112 cm³/mol. The minimum atomic E-state index is -0.837. The maximum atomic E-state index is 13.3. The van der Waals surface area contributed by atoms with Gasteiger partial charge in [0.15, 0.2) is 0 Å². The Balaban J connectivity index is 1.77. The van der Waals surface area contributed by atoms with Gasteiger partial charge in [-0.05, 0) is 54.1 Å². The topological polar surface area (TPSA) is 50.6 Å². The first-order valence-electron chi connectivity index (χ1n) is 8.60. The number of nitrogens with one attached hydrogen (secondary N) is 1. The minimum absolute atomic E-state index is 0.179. The molecule has 2 heterocycles. The lowest BCUT2D eigenvalue weighted by molar-refractivity contribution is -0.112. The number of pyridine rings is 1. The van der Waals surface area contributed by atoms with Crippen LogP contribution in [0.15, 0.2) is 72.9 Å². The van der Waals surface area contributed by atoms with Gasteiger partial charge in [0.1, 0.15) is 11.5 Å². The maximum Gasteiger partial charge on any atom is 0.298 e. The fourth-order valence-electron chi connectivity index (χ4n) is 3.13. The molecule has 0 fully saturated rings. The Hall–Kier alpha value is -3.15. The number of Topliss-reactive ketones (excluding diaryl/α,β-unsaturated/α-hetero) is 1. The van der Waals surface area contributed by atoms with Crippen molar-refractivity contribution < 1.29 is 14.0 Å². The molecule has 0 radical (unpaired) electrons. The number of rotatable bonds is 4. The zero-order chi connectivity index (χ0) is 20.5. The highest BCUT2D eigenvalue weighted by Crippen LogP contribution is 2.29. The molecule has 0 spiro atoms. The van der Waals surface area contributed by atoms with E-state index < -0.39 is 11.7 Å². The molecule has 0 saturated carbocycles. The van der Waals surface area contributed by atoms with Gasteiger partial charge in [-0.1, -0.05) is 41.4 Å². The number of hydrogen-bond donors (Lipinski definition) is 1. The average molecular weight is 427 g/mol. The molecule has 0 bridgehead atoms. The molecule has 2 aromatic heterocycles. The number of halogens is 3. The molecule has 29 heavy (non-hydrogen) atoms. The minimum Gasteiger partial charge on any atom is -0.319 e. The lowest BCUT2D eigenvalue weighted by atomic mass is 10.0. The highest BCUT2D eigenvalue weighted by molar-refractivity contribution is 6.47. The molecule has 0 unspecified atom stereocenters. The highest BCUT2D eigenvalue weighted by Gasteiger charge is 2.25. The number of amides is 1. The Morgan fingerprint density at radius 2 is 1.59 bits per heavy atom. The number of carbonyl (C=O) groups is 2. The molecule has 4 rings (SSSR count). The molecule has 1 amide bonds. The number of carbonyl (C=O) groups excluding carboxylic acids is 2. The van der Waals surface area contributed by atoms with Gasteiger partial charge >= 0.3 is 0 Å². The number of fused-ring (bicyclic) bond motifs is 1. The van der Waals surface area contributed by atoms with E-state index in [4.69, 9.17) is 23.2 Å². The molecule has 0 aliphatic heterocycles. The number of benzene rings is 2. The third-order valence-corrected chi connectivity index (χ3v) is 4.81. The lowest BCUT2D eigenvalue weighted by Crippen LogP contribution is -2.24. The van der Waals surface area contributed by atoms with Gasteiger partial charge in [0.2, 0.25) is 0 Å². The zero-order valence-corrected chi connectivity index (χ0v) is 16.3. The second-order valence-corrected chi connectivity index (χ2v) is 7.22. The first-order chi connectivity index (χ1) is 13.9. The van der Waals surface area contributed by atoms with Crippen molar-refractivity contribution in [3.05, 3.63) is 94.5 Å². The molecule has 0 aliphatic carbocycles. The van der Waals surface area contributed by atoms with E-state index in [1.165, 1.54) is 30.3 Å². The van der Waals surface area contributed by atoms with Crippen LogP contribution in [0.5, 0.6) is 0 Å². The average Bonchev–Trinajstić information content (AvgIpc) is 3.06. The van der Waals surface area contributed by atoms with E-state index in [0.717, 1.165) is 5.52 Å². The fourth-order valence-corrected chi connectivity index (χ4v) is 3.65.